The molecule has 0 aliphatic rings. The molecule has 0 fully saturated rings. The lowest BCUT2D eigenvalue weighted by molar-refractivity contribution is 0.214. The van der Waals surface area contributed by atoms with Crippen molar-refractivity contribution in [3.8, 4) is 5.75 Å². The number of hydrogen-bond acceptors (Lipinski definition) is 1. The second-order valence-corrected chi connectivity index (χ2v) is 4.86. The topological polar surface area (TPSA) is 9.23 Å². The summed E-state index contributed by atoms with van der Waals surface area (Å²) in [6.45, 7) is 6.22. The first-order valence-corrected chi connectivity index (χ1v) is 6.42. The molecular formula is C12H16BrClO. The van der Waals surface area contributed by atoms with Crippen molar-refractivity contribution in [3.05, 3.63) is 27.7 Å². The molecule has 0 aliphatic carbocycles. The Hall–Kier alpha value is -0.210. The van der Waals surface area contributed by atoms with Crippen molar-refractivity contribution in [1.29, 1.82) is 0 Å². The summed E-state index contributed by atoms with van der Waals surface area (Å²) in [6, 6.07) is 4.06. The zero-order chi connectivity index (χ0) is 11.4. The average molecular weight is 292 g/mol. The Balaban J connectivity index is 3.04. The van der Waals surface area contributed by atoms with Gasteiger partial charge in [-0.3, -0.25) is 0 Å². The van der Waals surface area contributed by atoms with Crippen LogP contribution in [0, 0.1) is 6.92 Å². The molecule has 0 aromatic heterocycles. The van der Waals surface area contributed by atoms with Crippen LogP contribution in [0.3, 0.4) is 0 Å². The van der Waals surface area contributed by atoms with Gasteiger partial charge in [0.15, 0.2) is 0 Å². The molecule has 0 bridgehead atoms. The summed E-state index contributed by atoms with van der Waals surface area (Å²) in [5, 5.41) is 0. The molecule has 84 valence electrons. The van der Waals surface area contributed by atoms with Crippen LogP contribution in [0.25, 0.3) is 0 Å². The first-order valence-electron chi connectivity index (χ1n) is 5.10. The van der Waals surface area contributed by atoms with E-state index in [1.54, 1.807) is 0 Å². The molecule has 0 saturated carbocycles. The zero-order valence-electron chi connectivity index (χ0n) is 9.31. The maximum atomic E-state index is 5.90. The number of aryl methyl sites for hydroxylation is 1. The fraction of sp³-hybridized carbons (Fsp3) is 0.500. The predicted molar refractivity (Wildman–Crippen MR) is 68.8 cm³/mol. The second-order valence-electron chi connectivity index (χ2n) is 3.68. The van der Waals surface area contributed by atoms with Gasteiger partial charge in [0.2, 0.25) is 0 Å². The lowest BCUT2D eigenvalue weighted by atomic mass is 10.1. The van der Waals surface area contributed by atoms with Gasteiger partial charge in [0.1, 0.15) is 5.75 Å². The van der Waals surface area contributed by atoms with Crippen LogP contribution in [0.2, 0.25) is 0 Å². The van der Waals surface area contributed by atoms with Gasteiger partial charge < -0.3 is 4.74 Å². The van der Waals surface area contributed by atoms with Crippen molar-refractivity contribution < 1.29 is 4.74 Å². The molecule has 3 heteroatoms. The fourth-order valence-corrected chi connectivity index (χ4v) is 2.17. The van der Waals surface area contributed by atoms with Gasteiger partial charge in [-0.2, -0.15) is 0 Å². The van der Waals surface area contributed by atoms with Crippen LogP contribution in [0.1, 0.15) is 31.4 Å². The Labute approximate surface area is 105 Å². The van der Waals surface area contributed by atoms with Crippen molar-refractivity contribution in [2.45, 2.75) is 39.2 Å². The molecule has 1 unspecified atom stereocenters. The van der Waals surface area contributed by atoms with E-state index in [0.717, 1.165) is 27.8 Å². The summed E-state index contributed by atoms with van der Waals surface area (Å²) >= 11 is 9.36. The van der Waals surface area contributed by atoms with E-state index in [0.29, 0.717) is 5.88 Å². The lowest BCUT2D eigenvalue weighted by Crippen LogP contribution is -2.12. The van der Waals surface area contributed by atoms with Gasteiger partial charge in [-0.05, 0) is 38.0 Å². The van der Waals surface area contributed by atoms with Crippen LogP contribution in [-0.4, -0.2) is 6.10 Å². The standard InChI is InChI=1S/C12H16BrClO/c1-4-9(3)15-12-8(2)5-11(13)6-10(12)7-14/h5-6,9H,4,7H2,1-3H3. The lowest BCUT2D eigenvalue weighted by Gasteiger charge is -2.18. The minimum atomic E-state index is 0.229. The van der Waals surface area contributed by atoms with E-state index >= 15 is 0 Å². The summed E-state index contributed by atoms with van der Waals surface area (Å²) in [7, 11) is 0. The highest BCUT2D eigenvalue weighted by atomic mass is 79.9. The molecule has 0 amide bonds. The number of ether oxygens (including phenoxy) is 1. The van der Waals surface area contributed by atoms with Gasteiger partial charge in [0, 0.05) is 10.0 Å². The maximum absolute atomic E-state index is 5.90. The highest BCUT2D eigenvalue weighted by Crippen LogP contribution is 2.30. The fourth-order valence-electron chi connectivity index (χ4n) is 1.35. The molecular weight excluding hydrogens is 275 g/mol. The Morgan fingerprint density at radius 2 is 2.13 bits per heavy atom. The Morgan fingerprint density at radius 1 is 1.47 bits per heavy atom. The summed E-state index contributed by atoms with van der Waals surface area (Å²) in [5.41, 5.74) is 2.17. The summed E-state index contributed by atoms with van der Waals surface area (Å²) in [6.07, 6.45) is 1.23. The van der Waals surface area contributed by atoms with E-state index in [4.69, 9.17) is 16.3 Å². The van der Waals surface area contributed by atoms with Gasteiger partial charge in [-0.25, -0.2) is 0 Å². The minimum Gasteiger partial charge on any atom is -0.490 e. The molecule has 0 spiro atoms. The smallest absolute Gasteiger partial charge is 0.127 e. The highest BCUT2D eigenvalue weighted by Gasteiger charge is 2.10. The second kappa shape index (κ2) is 5.76. The van der Waals surface area contributed by atoms with Gasteiger partial charge in [0.05, 0.1) is 12.0 Å². The minimum absolute atomic E-state index is 0.229. The Bertz CT molecular complexity index is 339. The number of benzene rings is 1. The van der Waals surface area contributed by atoms with Crippen molar-refractivity contribution in [1.82, 2.24) is 0 Å². The van der Waals surface area contributed by atoms with Crippen molar-refractivity contribution in [2.24, 2.45) is 0 Å². The van der Waals surface area contributed by atoms with Crippen LogP contribution >= 0.6 is 27.5 Å². The molecule has 1 rings (SSSR count). The molecule has 0 aliphatic heterocycles. The SMILES string of the molecule is CCC(C)Oc1c(C)cc(Br)cc1CCl. The number of rotatable bonds is 4. The largest absolute Gasteiger partial charge is 0.490 e. The van der Waals surface area contributed by atoms with Crippen molar-refractivity contribution in [3.63, 3.8) is 0 Å². The van der Waals surface area contributed by atoms with Gasteiger partial charge >= 0.3 is 0 Å². The number of alkyl halides is 1. The van der Waals surface area contributed by atoms with Gasteiger partial charge in [0.25, 0.3) is 0 Å². The molecule has 0 radical (unpaired) electrons. The van der Waals surface area contributed by atoms with Crippen molar-refractivity contribution in [2.75, 3.05) is 0 Å². The van der Waals surface area contributed by atoms with Crippen molar-refractivity contribution >= 4 is 27.5 Å². The van der Waals surface area contributed by atoms with E-state index in [1.807, 2.05) is 19.1 Å². The molecule has 0 heterocycles. The molecule has 15 heavy (non-hydrogen) atoms. The molecule has 0 saturated heterocycles. The first kappa shape index (κ1) is 12.9. The maximum Gasteiger partial charge on any atom is 0.127 e. The van der Waals surface area contributed by atoms with Crippen LogP contribution in [0.15, 0.2) is 16.6 Å². The Morgan fingerprint density at radius 3 is 2.67 bits per heavy atom. The zero-order valence-corrected chi connectivity index (χ0v) is 11.7. The third-order valence-corrected chi connectivity index (χ3v) is 3.10. The number of hydrogen-bond donors (Lipinski definition) is 0. The summed E-state index contributed by atoms with van der Waals surface area (Å²) in [4.78, 5) is 0. The van der Waals surface area contributed by atoms with E-state index in [9.17, 15) is 0 Å². The average Bonchev–Trinajstić information content (AvgIpc) is 2.21. The third-order valence-electron chi connectivity index (χ3n) is 2.35. The molecule has 1 atom stereocenters. The summed E-state index contributed by atoms with van der Waals surface area (Å²) in [5.74, 6) is 1.41. The van der Waals surface area contributed by atoms with Gasteiger partial charge in [-0.15, -0.1) is 11.6 Å². The van der Waals surface area contributed by atoms with E-state index in [-0.39, 0.29) is 6.10 Å². The van der Waals surface area contributed by atoms with Crippen LogP contribution in [-0.2, 0) is 5.88 Å². The van der Waals surface area contributed by atoms with Crippen LogP contribution in [0.4, 0.5) is 0 Å². The molecule has 1 aromatic rings. The Kier molecular flexibility index (Phi) is 4.94. The summed E-state index contributed by atoms with van der Waals surface area (Å²) < 4.78 is 6.91. The quantitative estimate of drug-likeness (QED) is 0.732. The van der Waals surface area contributed by atoms with Gasteiger partial charge in [-0.1, -0.05) is 22.9 Å². The van der Waals surface area contributed by atoms with Crippen LogP contribution < -0.4 is 4.74 Å². The van der Waals surface area contributed by atoms with Crippen LogP contribution in [0.5, 0.6) is 5.75 Å². The third kappa shape index (κ3) is 3.39. The molecule has 1 aromatic carbocycles. The number of halogens is 2. The van der Waals surface area contributed by atoms with E-state index in [1.165, 1.54) is 0 Å². The molecule has 0 N–H and O–H groups in total. The highest BCUT2D eigenvalue weighted by molar-refractivity contribution is 9.10. The first-order chi connectivity index (χ1) is 7.08. The predicted octanol–water partition coefficient (Wildman–Crippen LogP) is 4.67. The normalized spacial score (nSPS) is 12.6. The molecule has 1 nitrogen and oxygen atoms in total. The monoisotopic (exact) mass is 290 g/mol. The van der Waals surface area contributed by atoms with E-state index < -0.39 is 0 Å². The van der Waals surface area contributed by atoms with E-state index in [2.05, 4.69) is 29.8 Å².